The summed E-state index contributed by atoms with van der Waals surface area (Å²) in [6.45, 7) is 0. The number of hydrogen-bond acceptors (Lipinski definition) is 1. The van der Waals surface area contributed by atoms with Gasteiger partial charge in [-0.3, -0.25) is 4.68 Å². The highest BCUT2D eigenvalue weighted by molar-refractivity contribution is 7.27. The molecular formula is C3H5N2P. The van der Waals surface area contributed by atoms with E-state index in [1.54, 1.807) is 4.68 Å². The maximum Gasteiger partial charge on any atom is 0.0759 e. The Bertz CT molecular complexity index is 112. The lowest BCUT2D eigenvalue weighted by Crippen LogP contribution is -1.83. The molecule has 0 amide bonds. The third-order valence-electron chi connectivity index (χ3n) is 0.534. The summed E-state index contributed by atoms with van der Waals surface area (Å²) in [5, 5.41) is 3.88. The van der Waals surface area contributed by atoms with Gasteiger partial charge in [0.2, 0.25) is 0 Å². The molecule has 1 rings (SSSR count). The van der Waals surface area contributed by atoms with Gasteiger partial charge in [-0.1, -0.05) is 0 Å². The van der Waals surface area contributed by atoms with Gasteiger partial charge < -0.3 is 0 Å². The molecule has 0 saturated heterocycles. The first-order valence-electron chi connectivity index (χ1n) is 1.68. The highest BCUT2D eigenvalue weighted by atomic mass is 31.0. The third kappa shape index (κ3) is 0.575. The monoisotopic (exact) mass is 100 g/mol. The Morgan fingerprint density at radius 1 is 1.83 bits per heavy atom. The van der Waals surface area contributed by atoms with Crippen LogP contribution in [0.25, 0.3) is 0 Å². The highest BCUT2D eigenvalue weighted by Crippen LogP contribution is 1.95. The summed E-state index contributed by atoms with van der Waals surface area (Å²) < 4.78 is 1.79. The fraction of sp³-hybridized carbons (Fsp3) is 0.333. The van der Waals surface area contributed by atoms with E-state index >= 15 is 0 Å². The highest BCUT2D eigenvalue weighted by Gasteiger charge is 1.70. The van der Waals surface area contributed by atoms with E-state index in [0.29, 0.717) is 0 Å². The molecule has 0 atom stereocenters. The summed E-state index contributed by atoms with van der Waals surface area (Å²) in [5.41, 5.74) is 0. The Labute approximate surface area is 37.9 Å². The first-order chi connectivity index (χ1) is 2.89. The Morgan fingerprint density at radius 3 is 2.83 bits per heavy atom. The smallest absolute Gasteiger partial charge is 0.0759 e. The lowest BCUT2D eigenvalue weighted by atomic mass is 11.3. The molecule has 0 fully saturated rings. The van der Waals surface area contributed by atoms with E-state index in [0.717, 1.165) is 0 Å². The largest absolute Gasteiger partial charge is 0.271 e. The molecule has 0 aliphatic carbocycles. The molecule has 0 aliphatic rings. The van der Waals surface area contributed by atoms with Crippen LogP contribution in [0.2, 0.25) is 0 Å². The Kier molecular flexibility index (Phi) is 0.887. The van der Waals surface area contributed by atoms with Crippen LogP contribution in [0, 0.1) is 0 Å². The van der Waals surface area contributed by atoms with Gasteiger partial charge in [-0.2, -0.15) is 5.10 Å². The molecule has 1 aromatic heterocycles. The molecular weight excluding hydrogens is 95.0 g/mol. The molecule has 6 heavy (non-hydrogen) atoms. The molecule has 0 aromatic carbocycles. The first kappa shape index (κ1) is 3.82. The second-order valence-corrected chi connectivity index (χ2v) is 1.83. The van der Waals surface area contributed by atoms with E-state index in [4.69, 9.17) is 0 Å². The van der Waals surface area contributed by atoms with Crippen molar-refractivity contribution >= 4 is 8.19 Å². The molecule has 0 spiro atoms. The molecule has 0 saturated carbocycles. The van der Waals surface area contributed by atoms with Crippen molar-refractivity contribution in [2.45, 2.75) is 0 Å². The Balaban J connectivity index is 3.05. The van der Waals surface area contributed by atoms with Gasteiger partial charge in [-0.25, -0.2) is 0 Å². The summed E-state index contributed by atoms with van der Waals surface area (Å²) in [5.74, 6) is 3.83. The molecule has 0 N–H and O–H groups in total. The van der Waals surface area contributed by atoms with Crippen molar-refractivity contribution in [1.82, 2.24) is 9.78 Å². The van der Waals surface area contributed by atoms with Crippen molar-refractivity contribution in [3.63, 3.8) is 0 Å². The van der Waals surface area contributed by atoms with Crippen LogP contribution in [-0.4, -0.2) is 9.78 Å². The SMILES string of the molecule is Cn1cpcn1. The second-order valence-electron chi connectivity index (χ2n) is 1.07. The van der Waals surface area contributed by atoms with E-state index in [9.17, 15) is 0 Å². The minimum absolute atomic E-state index is 1.19. The molecule has 0 bridgehead atoms. The standard InChI is InChI=1S/C3H5N2P/c1-5-3-6-2-4-5/h2-3H,1H3. The average Bonchev–Trinajstić information content (AvgIpc) is 1.86. The first-order valence-corrected chi connectivity index (χ1v) is 2.71. The lowest BCUT2D eigenvalue weighted by Gasteiger charge is -1.76. The quantitative estimate of drug-likeness (QED) is 0.475. The minimum atomic E-state index is 1.19. The third-order valence-corrected chi connectivity index (χ3v) is 1.24. The van der Waals surface area contributed by atoms with Crippen molar-refractivity contribution < 1.29 is 0 Å². The predicted molar refractivity (Wildman–Crippen MR) is 25.7 cm³/mol. The Morgan fingerprint density at radius 2 is 2.67 bits per heavy atom. The van der Waals surface area contributed by atoms with Gasteiger partial charge in [0.05, 0.1) is 11.9 Å². The maximum atomic E-state index is 3.88. The van der Waals surface area contributed by atoms with Crippen molar-refractivity contribution in [2.24, 2.45) is 7.05 Å². The number of hydrogen-bond donors (Lipinski definition) is 0. The van der Waals surface area contributed by atoms with Crippen LogP contribution in [0.4, 0.5) is 0 Å². The number of aromatic nitrogens is 2. The lowest BCUT2D eigenvalue weighted by molar-refractivity contribution is 0.769. The molecule has 2 nitrogen and oxygen atoms in total. The summed E-state index contributed by atoms with van der Waals surface area (Å²) in [6, 6.07) is 0. The molecule has 3 heteroatoms. The molecule has 32 valence electrons. The topological polar surface area (TPSA) is 17.8 Å². The van der Waals surface area contributed by atoms with Gasteiger partial charge in [0.25, 0.3) is 0 Å². The van der Waals surface area contributed by atoms with Crippen LogP contribution in [0.15, 0.2) is 11.9 Å². The number of rotatable bonds is 0. The van der Waals surface area contributed by atoms with Gasteiger partial charge in [0.15, 0.2) is 0 Å². The van der Waals surface area contributed by atoms with E-state index in [1.165, 1.54) is 8.19 Å². The molecule has 0 aliphatic heterocycles. The van der Waals surface area contributed by atoms with Gasteiger partial charge >= 0.3 is 0 Å². The second kappa shape index (κ2) is 1.39. The maximum absolute atomic E-state index is 3.88. The summed E-state index contributed by atoms with van der Waals surface area (Å²) in [7, 11) is 3.11. The number of nitrogens with zero attached hydrogens (tertiary/aromatic N) is 2. The summed E-state index contributed by atoms with van der Waals surface area (Å²) >= 11 is 0. The predicted octanol–water partition coefficient (Wildman–Crippen LogP) is 1.00. The van der Waals surface area contributed by atoms with Crippen LogP contribution >= 0.6 is 8.19 Å². The molecule has 1 heterocycles. The van der Waals surface area contributed by atoms with Gasteiger partial charge in [0.1, 0.15) is 0 Å². The molecule has 0 radical (unpaired) electrons. The fourth-order valence-electron chi connectivity index (χ4n) is 0.267. The van der Waals surface area contributed by atoms with E-state index in [2.05, 4.69) is 5.10 Å². The van der Waals surface area contributed by atoms with Crippen molar-refractivity contribution in [3.05, 3.63) is 11.9 Å². The van der Waals surface area contributed by atoms with Crippen LogP contribution in [-0.2, 0) is 7.05 Å². The van der Waals surface area contributed by atoms with Crippen molar-refractivity contribution in [1.29, 1.82) is 0 Å². The van der Waals surface area contributed by atoms with Gasteiger partial charge in [-0.05, 0) is 8.19 Å². The zero-order valence-corrected chi connectivity index (χ0v) is 4.39. The van der Waals surface area contributed by atoms with Crippen LogP contribution in [0.1, 0.15) is 0 Å². The van der Waals surface area contributed by atoms with Crippen molar-refractivity contribution in [2.75, 3.05) is 0 Å². The van der Waals surface area contributed by atoms with Crippen LogP contribution < -0.4 is 0 Å². The van der Waals surface area contributed by atoms with Crippen LogP contribution in [0.5, 0.6) is 0 Å². The summed E-state index contributed by atoms with van der Waals surface area (Å²) in [6.07, 6.45) is 0. The molecule has 1 aromatic rings. The zero-order chi connectivity index (χ0) is 4.41. The van der Waals surface area contributed by atoms with Crippen molar-refractivity contribution in [3.8, 4) is 0 Å². The number of aryl methyl sites for hydroxylation is 1. The Hall–Kier alpha value is -0.360. The van der Waals surface area contributed by atoms with E-state index in [-0.39, 0.29) is 0 Å². The van der Waals surface area contributed by atoms with Gasteiger partial charge in [-0.15, -0.1) is 0 Å². The molecule has 0 unspecified atom stereocenters. The van der Waals surface area contributed by atoms with Crippen LogP contribution in [0.3, 0.4) is 0 Å². The fourth-order valence-corrected chi connectivity index (χ4v) is 0.802. The zero-order valence-electron chi connectivity index (χ0n) is 3.50. The normalized spacial score (nSPS) is 10.2. The average molecular weight is 100 g/mol. The van der Waals surface area contributed by atoms with E-state index in [1.807, 2.05) is 18.9 Å². The van der Waals surface area contributed by atoms with E-state index < -0.39 is 0 Å². The summed E-state index contributed by atoms with van der Waals surface area (Å²) in [4.78, 5) is 0. The minimum Gasteiger partial charge on any atom is -0.271 e. The van der Waals surface area contributed by atoms with Gasteiger partial charge in [0, 0.05) is 7.05 Å².